The smallest absolute Gasteiger partial charge is 0.417 e. The van der Waals surface area contributed by atoms with Crippen molar-refractivity contribution < 1.29 is 15.7 Å². The van der Waals surface area contributed by atoms with Crippen molar-refractivity contribution in [3.63, 3.8) is 0 Å². The molecule has 1 saturated heterocycles. The number of nitrogens with one attached hydrogen (secondary N) is 1. The number of carbonyl (C=O) groups is 2. The molecule has 3 aliphatic rings. The van der Waals surface area contributed by atoms with E-state index in [1.807, 2.05) is 48.1 Å². The van der Waals surface area contributed by atoms with Crippen LogP contribution in [0.15, 0.2) is 48.9 Å². The predicted molar refractivity (Wildman–Crippen MR) is 161 cm³/mol. The number of rotatable bonds is 3. The Balaban J connectivity index is 1.26. The molecule has 10 heteroatoms. The van der Waals surface area contributed by atoms with E-state index < -0.39 is 17.6 Å². The maximum absolute atomic E-state index is 13.9. The highest BCUT2D eigenvalue weighted by Crippen LogP contribution is 2.41. The lowest BCUT2D eigenvalue weighted by atomic mass is 9.96. The highest BCUT2D eigenvalue weighted by molar-refractivity contribution is 6.12. The van der Waals surface area contributed by atoms with E-state index in [0.29, 0.717) is 30.1 Å². The van der Waals surface area contributed by atoms with Crippen LogP contribution in [0.1, 0.15) is 49.2 Å². The minimum absolute atomic E-state index is 0.0951. The van der Waals surface area contributed by atoms with E-state index in [-0.39, 0.29) is 6.54 Å². The van der Waals surface area contributed by atoms with Gasteiger partial charge in [-0.15, -0.1) is 0 Å². The van der Waals surface area contributed by atoms with Crippen LogP contribution in [-0.2, 0) is 17.7 Å². The molecule has 2 amide bonds. The van der Waals surface area contributed by atoms with Crippen LogP contribution in [0.3, 0.4) is 0 Å². The molecule has 0 spiro atoms. The SMILES string of the molecule is [2H]CN1CCN2c3cnc(Nc4ccc(-c5cnn6cc(C)ccc56)c5c4C(=O)N(C(=O)OC(C)(C)C)C5)cc3CC2C1. The van der Waals surface area contributed by atoms with Gasteiger partial charge in [0.1, 0.15) is 11.4 Å². The number of amides is 2. The number of hydrogen-bond donors (Lipinski definition) is 1. The molecule has 1 N–H and O–H groups in total. The van der Waals surface area contributed by atoms with E-state index in [4.69, 9.17) is 11.1 Å². The summed E-state index contributed by atoms with van der Waals surface area (Å²) in [6.07, 6.45) is 5.88. The molecule has 7 rings (SSSR count). The fourth-order valence-corrected chi connectivity index (χ4v) is 6.32. The Morgan fingerprint density at radius 3 is 2.81 bits per heavy atom. The third-order valence-corrected chi connectivity index (χ3v) is 8.22. The van der Waals surface area contributed by atoms with Crippen LogP contribution >= 0.6 is 0 Å². The van der Waals surface area contributed by atoms with Crippen molar-refractivity contribution in [3.05, 3.63) is 71.2 Å². The average molecular weight is 567 g/mol. The van der Waals surface area contributed by atoms with Crippen molar-refractivity contribution in [2.75, 3.05) is 36.9 Å². The summed E-state index contributed by atoms with van der Waals surface area (Å²) >= 11 is 0. The number of anilines is 3. The van der Waals surface area contributed by atoms with Crippen LogP contribution in [0.5, 0.6) is 0 Å². The summed E-state index contributed by atoms with van der Waals surface area (Å²) < 4.78 is 15.2. The van der Waals surface area contributed by atoms with Gasteiger partial charge in [-0.1, -0.05) is 12.1 Å². The van der Waals surface area contributed by atoms with Crippen molar-refractivity contribution >= 4 is 34.7 Å². The topological polar surface area (TPSA) is 95.3 Å². The van der Waals surface area contributed by atoms with E-state index in [2.05, 4.69) is 26.3 Å². The largest absolute Gasteiger partial charge is 0.443 e. The van der Waals surface area contributed by atoms with Crippen molar-refractivity contribution in [1.82, 2.24) is 24.4 Å². The van der Waals surface area contributed by atoms with E-state index in [0.717, 1.165) is 59.5 Å². The Labute approximate surface area is 246 Å². The van der Waals surface area contributed by atoms with Crippen LogP contribution in [-0.4, -0.2) is 74.7 Å². The number of ether oxygens (including phenoxy) is 1. The normalized spacial score (nSPS) is 18.6. The molecule has 6 heterocycles. The zero-order chi connectivity index (χ0) is 30.0. The van der Waals surface area contributed by atoms with Crippen molar-refractivity contribution in [2.24, 2.45) is 0 Å². The minimum Gasteiger partial charge on any atom is -0.443 e. The van der Waals surface area contributed by atoms with Gasteiger partial charge in [-0.25, -0.2) is 19.2 Å². The first-order valence-corrected chi connectivity index (χ1v) is 14.3. The Morgan fingerprint density at radius 2 is 2.00 bits per heavy atom. The lowest BCUT2D eigenvalue weighted by Gasteiger charge is -2.37. The number of carbonyl (C=O) groups excluding carboxylic acids is 2. The number of pyridine rings is 2. The second-order valence-electron chi connectivity index (χ2n) is 12.4. The summed E-state index contributed by atoms with van der Waals surface area (Å²) in [6.45, 7) is 10.1. The van der Waals surface area contributed by atoms with Gasteiger partial charge < -0.3 is 19.9 Å². The molecule has 1 atom stereocenters. The Morgan fingerprint density at radius 1 is 1.14 bits per heavy atom. The third kappa shape index (κ3) is 4.46. The highest BCUT2D eigenvalue weighted by atomic mass is 16.6. The number of piperazine rings is 1. The van der Waals surface area contributed by atoms with Gasteiger partial charge in [0.25, 0.3) is 5.91 Å². The fraction of sp³-hybridized carbons (Fsp3) is 0.375. The van der Waals surface area contributed by atoms with Gasteiger partial charge in [-0.2, -0.15) is 5.10 Å². The molecule has 0 saturated carbocycles. The van der Waals surface area contributed by atoms with Gasteiger partial charge in [0, 0.05) is 38.8 Å². The van der Waals surface area contributed by atoms with Crippen molar-refractivity contribution in [1.29, 1.82) is 0 Å². The van der Waals surface area contributed by atoms with E-state index in [9.17, 15) is 9.59 Å². The van der Waals surface area contributed by atoms with Crippen LogP contribution in [0.2, 0.25) is 0 Å². The highest BCUT2D eigenvalue weighted by Gasteiger charge is 2.39. The summed E-state index contributed by atoms with van der Waals surface area (Å²) in [4.78, 5) is 37.5. The molecule has 216 valence electrons. The van der Waals surface area contributed by atoms with E-state index in [1.54, 1.807) is 27.0 Å². The number of imide groups is 1. The quantitative estimate of drug-likeness (QED) is 0.370. The molecule has 3 aliphatic heterocycles. The lowest BCUT2D eigenvalue weighted by molar-refractivity contribution is 0.0248. The second-order valence-corrected chi connectivity index (χ2v) is 12.4. The van der Waals surface area contributed by atoms with E-state index >= 15 is 0 Å². The summed E-state index contributed by atoms with van der Waals surface area (Å²) in [5, 5.41) is 7.95. The van der Waals surface area contributed by atoms with Crippen LogP contribution in [0.25, 0.3) is 16.6 Å². The predicted octanol–water partition coefficient (Wildman–Crippen LogP) is 5.02. The van der Waals surface area contributed by atoms with E-state index in [1.165, 1.54) is 10.5 Å². The number of likely N-dealkylation sites (N-methyl/N-ethyl adjacent to an activating group) is 1. The average Bonchev–Trinajstić information content (AvgIpc) is 3.64. The molecule has 10 nitrogen and oxygen atoms in total. The number of aromatic nitrogens is 3. The molecule has 3 aromatic heterocycles. The summed E-state index contributed by atoms with van der Waals surface area (Å²) in [5.74, 6) is 0.232. The Kier molecular flexibility index (Phi) is 5.75. The Bertz CT molecular complexity index is 1780. The maximum atomic E-state index is 13.9. The van der Waals surface area contributed by atoms with Gasteiger partial charge in [0.2, 0.25) is 0 Å². The number of hydrogen-bond acceptors (Lipinski definition) is 8. The number of nitrogens with zero attached hydrogens (tertiary/aromatic N) is 6. The summed E-state index contributed by atoms with van der Waals surface area (Å²) in [6, 6.07) is 10.3. The van der Waals surface area contributed by atoms with Crippen LogP contribution in [0.4, 0.5) is 22.0 Å². The zero-order valence-corrected chi connectivity index (χ0v) is 24.3. The second kappa shape index (κ2) is 9.55. The first kappa shape index (κ1) is 25.3. The molecule has 1 unspecified atom stereocenters. The first-order chi connectivity index (χ1) is 20.6. The molecule has 0 radical (unpaired) electrons. The zero-order valence-electron chi connectivity index (χ0n) is 25.3. The van der Waals surface area contributed by atoms with Crippen LogP contribution in [0, 0.1) is 6.92 Å². The maximum Gasteiger partial charge on any atom is 0.417 e. The molecule has 42 heavy (non-hydrogen) atoms. The van der Waals surface area contributed by atoms with Crippen molar-refractivity contribution in [3.8, 4) is 11.1 Å². The van der Waals surface area contributed by atoms with Crippen molar-refractivity contribution in [2.45, 2.75) is 52.3 Å². The number of aryl methyl sites for hydroxylation is 1. The van der Waals surface area contributed by atoms with Gasteiger partial charge >= 0.3 is 6.09 Å². The number of fused-ring (bicyclic) bond motifs is 5. The number of benzene rings is 1. The standard InChI is InChI=1S/C32H35N7O3/c1-19-6-9-26-23(14-34-39(26)16-19)22-7-8-25(29-24(22)18-38(30(29)40)31(41)42-32(2,3)4)35-28-13-20-12-21-17-36(5)10-11-37(21)27(20)15-33-28/h6-9,13-16,21H,10-12,17-18H2,1-5H3,(H,33,35)/i5D. The molecule has 1 fully saturated rings. The molecular weight excluding hydrogens is 530 g/mol. The van der Waals surface area contributed by atoms with Gasteiger partial charge in [-0.3, -0.25) is 4.79 Å². The summed E-state index contributed by atoms with van der Waals surface area (Å²) in [7, 11) is 0.316. The molecular formula is C32H35N7O3. The van der Waals surface area contributed by atoms with Gasteiger partial charge in [0.15, 0.2) is 0 Å². The van der Waals surface area contributed by atoms with Gasteiger partial charge in [-0.05, 0) is 81.6 Å². The Hall–Kier alpha value is -4.44. The lowest BCUT2D eigenvalue weighted by Crippen LogP contribution is -2.50. The third-order valence-electron chi connectivity index (χ3n) is 8.22. The van der Waals surface area contributed by atoms with Crippen LogP contribution < -0.4 is 10.2 Å². The molecule has 1 aromatic carbocycles. The fourth-order valence-electron chi connectivity index (χ4n) is 6.32. The monoisotopic (exact) mass is 566 g/mol. The minimum atomic E-state index is -0.740. The molecule has 0 aliphatic carbocycles. The van der Waals surface area contributed by atoms with Gasteiger partial charge in [0.05, 0.1) is 41.4 Å². The molecule has 0 bridgehead atoms. The molecule has 4 aromatic rings. The first-order valence-electron chi connectivity index (χ1n) is 15.0. The summed E-state index contributed by atoms with van der Waals surface area (Å²) in [5.41, 5.74) is 7.09.